The number of alkyl halides is 12. The van der Waals surface area contributed by atoms with Gasteiger partial charge in [0.25, 0.3) is 0 Å². The zero-order valence-corrected chi connectivity index (χ0v) is 17.8. The summed E-state index contributed by atoms with van der Waals surface area (Å²) in [6.45, 7) is 0. The molecular formula is C22H13F12N3. The molecule has 0 bridgehead atoms. The average Bonchev–Trinajstić information content (AvgIpc) is 2.70. The highest BCUT2D eigenvalue weighted by molar-refractivity contribution is 5.86. The van der Waals surface area contributed by atoms with Crippen LogP contribution in [0, 0.1) is 0 Å². The molecule has 0 heterocycles. The standard InChI is InChI=1S/C22H13F12N3/c23-19(24,25)10-6-13(35)17(21(29,30)31)15(8-10)37(12-4-2-1-3-5-12)16-9-11(20(26,27)28)7-14(36)18(16)22(32,33)34/h1-9H,35-36H2. The van der Waals surface area contributed by atoms with Crippen LogP contribution in [0.15, 0.2) is 54.6 Å². The highest BCUT2D eigenvalue weighted by atomic mass is 19.4. The van der Waals surface area contributed by atoms with Crippen LogP contribution >= 0.6 is 0 Å². The largest absolute Gasteiger partial charge is 0.420 e. The molecule has 0 aliphatic rings. The highest BCUT2D eigenvalue weighted by Gasteiger charge is 2.45. The maximum atomic E-state index is 14.0. The Kier molecular flexibility index (Phi) is 6.73. The molecule has 3 aromatic rings. The third-order valence-electron chi connectivity index (χ3n) is 5.01. The minimum atomic E-state index is -5.54. The third kappa shape index (κ3) is 5.64. The van der Waals surface area contributed by atoms with Crippen molar-refractivity contribution in [1.29, 1.82) is 0 Å². The van der Waals surface area contributed by atoms with Crippen molar-refractivity contribution in [3.05, 3.63) is 76.9 Å². The van der Waals surface area contributed by atoms with Gasteiger partial charge in [0.2, 0.25) is 0 Å². The first-order chi connectivity index (χ1) is 16.7. The fraction of sp³-hybridized carbons (Fsp3) is 0.182. The molecule has 0 aliphatic heterocycles. The van der Waals surface area contributed by atoms with Crippen molar-refractivity contribution in [1.82, 2.24) is 0 Å². The Morgan fingerprint density at radius 3 is 1.14 bits per heavy atom. The van der Waals surface area contributed by atoms with Crippen molar-refractivity contribution < 1.29 is 52.7 Å². The molecule has 3 nitrogen and oxygen atoms in total. The summed E-state index contributed by atoms with van der Waals surface area (Å²) in [5, 5.41) is 0. The van der Waals surface area contributed by atoms with E-state index in [1.807, 2.05) is 0 Å². The van der Waals surface area contributed by atoms with Gasteiger partial charge in [-0.3, -0.25) is 0 Å². The average molecular weight is 547 g/mol. The Labute approximate surface area is 199 Å². The quantitative estimate of drug-likeness (QED) is 0.256. The van der Waals surface area contributed by atoms with Crippen LogP contribution in [0.3, 0.4) is 0 Å². The van der Waals surface area contributed by atoms with E-state index < -0.39 is 75.4 Å². The molecule has 0 amide bonds. The van der Waals surface area contributed by atoms with Crippen molar-refractivity contribution in [2.45, 2.75) is 24.7 Å². The molecule has 37 heavy (non-hydrogen) atoms. The summed E-state index contributed by atoms with van der Waals surface area (Å²) < 4.78 is 165. The van der Waals surface area contributed by atoms with E-state index in [-0.39, 0.29) is 29.2 Å². The van der Waals surface area contributed by atoms with Crippen LogP contribution in [0.4, 0.5) is 81.1 Å². The zero-order chi connectivity index (χ0) is 28.1. The second kappa shape index (κ2) is 8.95. The van der Waals surface area contributed by atoms with Gasteiger partial charge < -0.3 is 16.4 Å². The molecule has 0 unspecified atom stereocenters. The third-order valence-corrected chi connectivity index (χ3v) is 5.01. The van der Waals surface area contributed by atoms with Crippen molar-refractivity contribution in [3.63, 3.8) is 0 Å². The van der Waals surface area contributed by atoms with Crippen LogP contribution < -0.4 is 16.4 Å². The van der Waals surface area contributed by atoms with Crippen molar-refractivity contribution >= 4 is 28.4 Å². The topological polar surface area (TPSA) is 55.3 Å². The molecule has 0 atom stereocenters. The van der Waals surface area contributed by atoms with Gasteiger partial charge in [0.05, 0.1) is 22.5 Å². The molecule has 0 aliphatic carbocycles. The van der Waals surface area contributed by atoms with Crippen LogP contribution in [0.5, 0.6) is 0 Å². The SMILES string of the molecule is Nc1cc(C(F)(F)F)cc(N(c2ccccc2)c2cc(C(F)(F)F)cc(N)c2C(F)(F)F)c1C(F)(F)F. The maximum absolute atomic E-state index is 14.0. The molecule has 4 N–H and O–H groups in total. The molecule has 0 spiro atoms. The lowest BCUT2D eigenvalue weighted by Gasteiger charge is -2.32. The van der Waals surface area contributed by atoms with Gasteiger partial charge in [-0.25, -0.2) is 0 Å². The van der Waals surface area contributed by atoms with E-state index in [1.165, 1.54) is 6.07 Å². The van der Waals surface area contributed by atoms with Crippen LogP contribution in [0.1, 0.15) is 22.3 Å². The van der Waals surface area contributed by atoms with E-state index in [9.17, 15) is 52.7 Å². The number of halogens is 12. The first kappa shape index (κ1) is 27.8. The molecule has 3 aromatic carbocycles. The fourth-order valence-electron chi connectivity index (χ4n) is 3.58. The molecule has 3 rings (SSSR count). The summed E-state index contributed by atoms with van der Waals surface area (Å²) in [7, 11) is 0. The first-order valence-corrected chi connectivity index (χ1v) is 9.74. The van der Waals surface area contributed by atoms with Crippen molar-refractivity contribution in [2.75, 3.05) is 16.4 Å². The molecule has 15 heteroatoms. The fourth-order valence-corrected chi connectivity index (χ4v) is 3.58. The Morgan fingerprint density at radius 2 is 0.838 bits per heavy atom. The number of nitrogens with zero attached hydrogens (tertiary/aromatic N) is 1. The molecule has 0 aromatic heterocycles. The molecule has 200 valence electrons. The summed E-state index contributed by atoms with van der Waals surface area (Å²) in [5.41, 5.74) is -3.92. The summed E-state index contributed by atoms with van der Waals surface area (Å²) >= 11 is 0. The lowest BCUT2D eigenvalue weighted by molar-refractivity contribution is -0.140. The van der Waals surface area contributed by atoms with Gasteiger partial charge in [-0.15, -0.1) is 0 Å². The maximum Gasteiger partial charge on any atom is 0.420 e. The Bertz CT molecular complexity index is 1210. The van der Waals surface area contributed by atoms with Crippen molar-refractivity contribution in [3.8, 4) is 0 Å². The van der Waals surface area contributed by atoms with Gasteiger partial charge in [-0.2, -0.15) is 52.7 Å². The van der Waals surface area contributed by atoms with Crippen LogP contribution in [-0.4, -0.2) is 0 Å². The smallest absolute Gasteiger partial charge is 0.398 e. The summed E-state index contributed by atoms with van der Waals surface area (Å²) in [6.07, 6.45) is -21.7. The van der Waals surface area contributed by atoms with E-state index in [2.05, 4.69) is 0 Å². The number of nitrogen functional groups attached to an aromatic ring is 2. The lowest BCUT2D eigenvalue weighted by atomic mass is 9.99. The minimum Gasteiger partial charge on any atom is -0.398 e. The van der Waals surface area contributed by atoms with E-state index in [0.29, 0.717) is 0 Å². The van der Waals surface area contributed by atoms with Gasteiger partial charge in [-0.05, 0) is 36.4 Å². The van der Waals surface area contributed by atoms with Crippen LogP contribution in [0.25, 0.3) is 0 Å². The second-order valence-electron chi connectivity index (χ2n) is 7.58. The van der Waals surface area contributed by atoms with E-state index in [0.717, 1.165) is 24.3 Å². The highest BCUT2D eigenvalue weighted by Crippen LogP contribution is 2.52. The number of nitrogens with two attached hydrogens (primary N) is 2. The lowest BCUT2D eigenvalue weighted by Crippen LogP contribution is -2.24. The predicted octanol–water partition coefficient (Wildman–Crippen LogP) is 8.40. The number of benzene rings is 3. The Morgan fingerprint density at radius 1 is 0.486 bits per heavy atom. The Hall–Kier alpha value is -3.78. The normalized spacial score (nSPS) is 13.1. The molecule has 0 saturated carbocycles. The van der Waals surface area contributed by atoms with Gasteiger partial charge in [0.15, 0.2) is 0 Å². The molecule has 0 radical (unpaired) electrons. The second-order valence-corrected chi connectivity index (χ2v) is 7.58. The minimum absolute atomic E-state index is 0.0388. The summed E-state index contributed by atoms with van der Waals surface area (Å²) in [6, 6.07) is 4.75. The monoisotopic (exact) mass is 547 g/mol. The first-order valence-electron chi connectivity index (χ1n) is 9.74. The Balaban J connectivity index is 2.60. The number of hydrogen-bond donors (Lipinski definition) is 2. The van der Waals surface area contributed by atoms with Crippen LogP contribution in [0.2, 0.25) is 0 Å². The van der Waals surface area contributed by atoms with Gasteiger partial charge in [0.1, 0.15) is 11.1 Å². The molecule has 0 fully saturated rings. The summed E-state index contributed by atoms with van der Waals surface area (Å²) in [4.78, 5) is -0.0388. The van der Waals surface area contributed by atoms with Gasteiger partial charge >= 0.3 is 24.7 Å². The van der Waals surface area contributed by atoms with Gasteiger partial charge in [-0.1, -0.05) is 18.2 Å². The number of anilines is 5. The number of rotatable bonds is 3. The van der Waals surface area contributed by atoms with E-state index in [1.54, 1.807) is 0 Å². The number of para-hydroxylation sites is 1. The molecule has 0 saturated heterocycles. The van der Waals surface area contributed by atoms with Crippen LogP contribution in [-0.2, 0) is 24.7 Å². The number of hydrogen-bond acceptors (Lipinski definition) is 3. The summed E-state index contributed by atoms with van der Waals surface area (Å²) in [5.74, 6) is 0. The van der Waals surface area contributed by atoms with Gasteiger partial charge in [0, 0.05) is 17.1 Å². The predicted molar refractivity (Wildman–Crippen MR) is 110 cm³/mol. The van der Waals surface area contributed by atoms with E-state index in [4.69, 9.17) is 11.5 Å². The van der Waals surface area contributed by atoms with Crippen molar-refractivity contribution in [2.24, 2.45) is 0 Å². The zero-order valence-electron chi connectivity index (χ0n) is 17.8. The van der Waals surface area contributed by atoms with E-state index >= 15 is 0 Å². The molecular weight excluding hydrogens is 534 g/mol.